The lowest BCUT2D eigenvalue weighted by Gasteiger charge is -2.49. The maximum atomic E-state index is 13.8. The van der Waals surface area contributed by atoms with E-state index in [2.05, 4.69) is 27.1 Å². The molecule has 0 unspecified atom stereocenters. The number of piperidine rings is 3. The van der Waals surface area contributed by atoms with Crippen LogP contribution in [0.15, 0.2) is 30.5 Å². The average molecular weight is 328 g/mol. The van der Waals surface area contributed by atoms with E-state index in [1.807, 2.05) is 0 Å². The topological polar surface area (TPSA) is 61.0 Å². The largest absolute Gasteiger partial charge is 0.349 e. The number of nitrogens with zero attached hydrogens (tertiary/aromatic N) is 2. The molecule has 2 bridgehead atoms. The van der Waals surface area contributed by atoms with Crippen molar-refractivity contribution in [2.75, 3.05) is 13.1 Å². The van der Waals surface area contributed by atoms with Gasteiger partial charge in [0.25, 0.3) is 5.91 Å². The van der Waals surface area contributed by atoms with E-state index >= 15 is 0 Å². The second kappa shape index (κ2) is 6.02. The van der Waals surface area contributed by atoms with Gasteiger partial charge in [-0.05, 0) is 63.0 Å². The number of nitrogens with one attached hydrogen (secondary N) is 2. The van der Waals surface area contributed by atoms with Crippen LogP contribution in [0.1, 0.15) is 30.3 Å². The highest BCUT2D eigenvalue weighted by Crippen LogP contribution is 2.32. The zero-order chi connectivity index (χ0) is 16.7. The van der Waals surface area contributed by atoms with E-state index in [-0.39, 0.29) is 17.6 Å². The number of carbonyl (C=O) groups excluding carboxylic acids is 1. The molecule has 1 amide bonds. The summed E-state index contributed by atoms with van der Waals surface area (Å²) < 4.78 is 13.8. The van der Waals surface area contributed by atoms with Crippen LogP contribution in [0, 0.1) is 11.7 Å². The fourth-order valence-corrected chi connectivity index (χ4v) is 4.02. The fraction of sp³-hybridized carbons (Fsp3) is 0.444. The van der Waals surface area contributed by atoms with Crippen LogP contribution in [0.4, 0.5) is 4.39 Å². The number of carbonyl (C=O) groups is 1. The first kappa shape index (κ1) is 15.3. The summed E-state index contributed by atoms with van der Waals surface area (Å²) in [5.41, 5.74) is 1.19. The zero-order valence-corrected chi connectivity index (χ0v) is 13.6. The lowest BCUT2D eigenvalue weighted by Crippen LogP contribution is -2.62. The van der Waals surface area contributed by atoms with Crippen LogP contribution in [0.3, 0.4) is 0 Å². The molecule has 3 aliphatic heterocycles. The van der Waals surface area contributed by atoms with Gasteiger partial charge in [-0.25, -0.2) is 4.39 Å². The number of aromatic amines is 1. The maximum absolute atomic E-state index is 13.8. The Morgan fingerprint density at radius 3 is 2.83 bits per heavy atom. The minimum atomic E-state index is -0.405. The summed E-state index contributed by atoms with van der Waals surface area (Å²) in [6.07, 6.45) is 3.82. The van der Waals surface area contributed by atoms with E-state index in [4.69, 9.17) is 0 Å². The number of pyridine rings is 1. The molecule has 3 fully saturated rings. The molecule has 5 heterocycles. The van der Waals surface area contributed by atoms with Crippen LogP contribution in [-0.4, -0.2) is 45.9 Å². The van der Waals surface area contributed by atoms with Gasteiger partial charge in [-0.3, -0.25) is 14.7 Å². The molecule has 126 valence electrons. The molecule has 0 aliphatic carbocycles. The summed E-state index contributed by atoms with van der Waals surface area (Å²) in [6.45, 7) is 4.44. The highest BCUT2D eigenvalue weighted by atomic mass is 19.1. The van der Waals surface area contributed by atoms with E-state index in [0.29, 0.717) is 23.3 Å². The van der Waals surface area contributed by atoms with Gasteiger partial charge in [0.2, 0.25) is 0 Å². The van der Waals surface area contributed by atoms with Crippen molar-refractivity contribution < 1.29 is 9.18 Å². The summed E-state index contributed by atoms with van der Waals surface area (Å²) in [4.78, 5) is 22.1. The Bertz CT molecular complexity index is 749. The molecular formula is C18H21FN4O. The van der Waals surface area contributed by atoms with Crippen molar-refractivity contribution >= 4 is 5.91 Å². The van der Waals surface area contributed by atoms with Gasteiger partial charge in [0.15, 0.2) is 5.82 Å². The molecule has 24 heavy (non-hydrogen) atoms. The highest BCUT2D eigenvalue weighted by Gasteiger charge is 2.40. The van der Waals surface area contributed by atoms with Gasteiger partial charge in [-0.1, -0.05) is 0 Å². The standard InChI is InChI=1S/C18H21FN4O/c1-11-16(12-6-9-23(11)10-7-12)22-18(24)15-5-4-14(21-15)17-13(19)3-2-8-20-17/h2-5,8,11-12,16,21H,6-7,9-10H2,1H3,(H,22,24)/t11-,16+/m1/s1. The molecule has 0 radical (unpaired) electrons. The number of H-pyrrole nitrogens is 1. The summed E-state index contributed by atoms with van der Waals surface area (Å²) >= 11 is 0. The number of hydrogen-bond donors (Lipinski definition) is 2. The minimum Gasteiger partial charge on any atom is -0.349 e. The molecule has 6 heteroatoms. The quantitative estimate of drug-likeness (QED) is 0.910. The first-order valence-corrected chi connectivity index (χ1v) is 8.48. The number of rotatable bonds is 3. The zero-order valence-electron chi connectivity index (χ0n) is 13.6. The summed E-state index contributed by atoms with van der Waals surface area (Å²) in [5, 5.41) is 3.17. The Labute approximate surface area is 140 Å². The maximum Gasteiger partial charge on any atom is 0.267 e. The van der Waals surface area contributed by atoms with Crippen LogP contribution in [0.2, 0.25) is 0 Å². The number of halogens is 1. The molecule has 5 rings (SSSR count). The SMILES string of the molecule is C[C@@H]1[C@H](NC(=O)c2ccc(-c3ncccc3F)[nH]2)C2CCN1CC2. The molecule has 0 aromatic carbocycles. The van der Waals surface area contributed by atoms with Gasteiger partial charge >= 0.3 is 0 Å². The lowest BCUT2D eigenvalue weighted by atomic mass is 9.79. The van der Waals surface area contributed by atoms with Crippen molar-refractivity contribution in [3.8, 4) is 11.4 Å². The summed E-state index contributed by atoms with van der Waals surface area (Å²) in [5.74, 6) is 0.0112. The Kier molecular flexibility index (Phi) is 3.84. The Balaban J connectivity index is 1.51. The second-order valence-corrected chi connectivity index (χ2v) is 6.73. The number of hydrogen-bond acceptors (Lipinski definition) is 3. The normalized spacial score (nSPS) is 28.8. The molecule has 2 aromatic heterocycles. The Hall–Kier alpha value is -2.21. The molecule has 0 spiro atoms. The summed E-state index contributed by atoms with van der Waals surface area (Å²) in [7, 11) is 0. The van der Waals surface area contributed by atoms with Gasteiger partial charge in [-0.15, -0.1) is 0 Å². The van der Waals surface area contributed by atoms with Gasteiger partial charge in [0.1, 0.15) is 11.4 Å². The van der Waals surface area contributed by atoms with E-state index < -0.39 is 5.82 Å². The van der Waals surface area contributed by atoms with Crippen LogP contribution in [0.25, 0.3) is 11.4 Å². The van der Waals surface area contributed by atoms with Crippen molar-refractivity contribution in [3.63, 3.8) is 0 Å². The first-order chi connectivity index (χ1) is 11.6. The Morgan fingerprint density at radius 1 is 1.33 bits per heavy atom. The van der Waals surface area contributed by atoms with Gasteiger partial charge in [-0.2, -0.15) is 0 Å². The molecule has 2 aromatic rings. The third kappa shape index (κ3) is 2.60. The van der Waals surface area contributed by atoms with Crippen LogP contribution in [-0.2, 0) is 0 Å². The minimum absolute atomic E-state index is 0.136. The van der Waals surface area contributed by atoms with E-state index in [9.17, 15) is 9.18 Å². The number of amides is 1. The third-order valence-corrected chi connectivity index (χ3v) is 5.42. The van der Waals surface area contributed by atoms with Gasteiger partial charge in [0, 0.05) is 18.3 Å². The van der Waals surface area contributed by atoms with Gasteiger partial charge < -0.3 is 10.3 Å². The Morgan fingerprint density at radius 2 is 2.12 bits per heavy atom. The molecule has 5 nitrogen and oxygen atoms in total. The summed E-state index contributed by atoms with van der Waals surface area (Å²) in [6, 6.07) is 6.83. The van der Waals surface area contributed by atoms with Crippen molar-refractivity contribution in [1.82, 2.24) is 20.2 Å². The molecule has 0 saturated carbocycles. The smallest absolute Gasteiger partial charge is 0.267 e. The van der Waals surface area contributed by atoms with Crippen molar-refractivity contribution in [2.45, 2.75) is 31.8 Å². The lowest BCUT2D eigenvalue weighted by molar-refractivity contribution is 0.0216. The van der Waals surface area contributed by atoms with E-state index in [1.165, 1.54) is 12.3 Å². The average Bonchev–Trinajstić information content (AvgIpc) is 3.09. The van der Waals surface area contributed by atoms with Crippen LogP contribution >= 0.6 is 0 Å². The predicted octanol–water partition coefficient (Wildman–Crippen LogP) is 2.43. The number of fused-ring (bicyclic) bond motifs is 3. The second-order valence-electron chi connectivity index (χ2n) is 6.73. The highest BCUT2D eigenvalue weighted by molar-refractivity contribution is 5.93. The number of aromatic nitrogens is 2. The molecule has 3 aliphatic rings. The van der Waals surface area contributed by atoms with Crippen LogP contribution < -0.4 is 5.32 Å². The fourth-order valence-electron chi connectivity index (χ4n) is 4.02. The monoisotopic (exact) mass is 328 g/mol. The predicted molar refractivity (Wildman–Crippen MR) is 89.0 cm³/mol. The van der Waals surface area contributed by atoms with E-state index in [1.54, 1.807) is 18.2 Å². The molecular weight excluding hydrogens is 307 g/mol. The van der Waals surface area contributed by atoms with Crippen molar-refractivity contribution in [3.05, 3.63) is 42.0 Å². The molecule has 2 N–H and O–H groups in total. The third-order valence-electron chi connectivity index (χ3n) is 5.42. The van der Waals surface area contributed by atoms with Crippen LogP contribution in [0.5, 0.6) is 0 Å². The van der Waals surface area contributed by atoms with Crippen molar-refractivity contribution in [2.24, 2.45) is 5.92 Å². The first-order valence-electron chi connectivity index (χ1n) is 8.48. The molecule has 3 saturated heterocycles. The molecule has 2 atom stereocenters. The van der Waals surface area contributed by atoms with Crippen molar-refractivity contribution in [1.29, 1.82) is 0 Å². The van der Waals surface area contributed by atoms with Gasteiger partial charge in [0.05, 0.1) is 5.69 Å². The van der Waals surface area contributed by atoms with E-state index in [0.717, 1.165) is 25.9 Å².